The third kappa shape index (κ3) is 4.16. The molecule has 0 aliphatic heterocycles. The number of alkyl halides is 2. The Labute approximate surface area is 114 Å². The van der Waals surface area contributed by atoms with Gasteiger partial charge in [-0.2, -0.15) is 8.78 Å². The van der Waals surface area contributed by atoms with Crippen molar-refractivity contribution in [1.82, 2.24) is 15.0 Å². The summed E-state index contributed by atoms with van der Waals surface area (Å²) in [5.41, 5.74) is 1.47. The molecule has 0 aliphatic carbocycles. The molecular formula is C12H14F2N4O2. The number of benzene rings is 1. The predicted molar refractivity (Wildman–Crippen MR) is 67.5 cm³/mol. The number of hydrogen-bond acceptors (Lipinski definition) is 5. The molecule has 20 heavy (non-hydrogen) atoms. The standard InChI is InChI=1S/C12H14F2N4O2/c13-12(14)20-11-3-1-9(2-4-11)15-7-10-8-18(5-6-19)17-16-10/h1-4,8,12,15,19H,5-7H2. The van der Waals surface area contributed by atoms with E-state index in [0.717, 1.165) is 5.69 Å². The van der Waals surface area contributed by atoms with E-state index in [1.807, 2.05) is 0 Å². The van der Waals surface area contributed by atoms with Gasteiger partial charge < -0.3 is 15.2 Å². The third-order valence-corrected chi connectivity index (χ3v) is 2.47. The number of anilines is 1. The quantitative estimate of drug-likeness (QED) is 0.806. The van der Waals surface area contributed by atoms with E-state index < -0.39 is 6.61 Å². The largest absolute Gasteiger partial charge is 0.435 e. The van der Waals surface area contributed by atoms with Crippen molar-refractivity contribution in [3.63, 3.8) is 0 Å². The third-order valence-electron chi connectivity index (χ3n) is 2.47. The average molecular weight is 284 g/mol. The summed E-state index contributed by atoms with van der Waals surface area (Å²) in [4.78, 5) is 0. The molecule has 0 unspecified atom stereocenters. The van der Waals surface area contributed by atoms with E-state index >= 15 is 0 Å². The van der Waals surface area contributed by atoms with Crippen molar-refractivity contribution in [2.75, 3.05) is 11.9 Å². The summed E-state index contributed by atoms with van der Waals surface area (Å²) in [5.74, 6) is 0.111. The lowest BCUT2D eigenvalue weighted by molar-refractivity contribution is -0.0498. The monoisotopic (exact) mass is 284 g/mol. The first kappa shape index (κ1) is 14.2. The lowest BCUT2D eigenvalue weighted by Crippen LogP contribution is -2.03. The van der Waals surface area contributed by atoms with Gasteiger partial charge >= 0.3 is 6.61 Å². The van der Waals surface area contributed by atoms with Gasteiger partial charge in [0.2, 0.25) is 0 Å². The van der Waals surface area contributed by atoms with E-state index in [1.54, 1.807) is 18.3 Å². The number of halogens is 2. The summed E-state index contributed by atoms with van der Waals surface area (Å²) in [7, 11) is 0. The van der Waals surface area contributed by atoms with E-state index in [1.165, 1.54) is 16.8 Å². The van der Waals surface area contributed by atoms with Crippen LogP contribution in [0.1, 0.15) is 5.69 Å². The molecule has 0 fully saturated rings. The van der Waals surface area contributed by atoms with Crippen molar-refractivity contribution < 1.29 is 18.6 Å². The molecule has 2 aromatic rings. The zero-order valence-corrected chi connectivity index (χ0v) is 10.5. The van der Waals surface area contributed by atoms with Crippen LogP contribution in [0, 0.1) is 0 Å². The zero-order valence-electron chi connectivity index (χ0n) is 10.5. The molecule has 6 nitrogen and oxygen atoms in total. The van der Waals surface area contributed by atoms with E-state index in [0.29, 0.717) is 18.8 Å². The molecule has 2 N–H and O–H groups in total. The molecule has 0 aliphatic rings. The van der Waals surface area contributed by atoms with Crippen molar-refractivity contribution in [3.8, 4) is 5.75 Å². The van der Waals surface area contributed by atoms with Gasteiger partial charge in [-0.15, -0.1) is 5.10 Å². The van der Waals surface area contributed by atoms with Crippen LogP contribution in [-0.4, -0.2) is 33.3 Å². The highest BCUT2D eigenvalue weighted by atomic mass is 19.3. The Morgan fingerprint density at radius 1 is 1.30 bits per heavy atom. The highest BCUT2D eigenvalue weighted by molar-refractivity contribution is 5.46. The molecule has 0 amide bonds. The van der Waals surface area contributed by atoms with Crippen LogP contribution in [0.3, 0.4) is 0 Å². The number of hydrogen-bond donors (Lipinski definition) is 2. The molecule has 0 bridgehead atoms. The molecule has 2 rings (SSSR count). The first-order chi connectivity index (χ1) is 9.67. The fourth-order valence-electron chi connectivity index (χ4n) is 1.58. The zero-order chi connectivity index (χ0) is 14.4. The van der Waals surface area contributed by atoms with Gasteiger partial charge in [-0.05, 0) is 24.3 Å². The Bertz CT molecular complexity index is 531. The topological polar surface area (TPSA) is 72.2 Å². The second kappa shape index (κ2) is 6.80. The molecule has 108 valence electrons. The van der Waals surface area contributed by atoms with Crippen LogP contribution in [0.2, 0.25) is 0 Å². The van der Waals surface area contributed by atoms with Crippen LogP contribution in [-0.2, 0) is 13.1 Å². The van der Waals surface area contributed by atoms with E-state index in [2.05, 4.69) is 20.4 Å². The van der Waals surface area contributed by atoms with Gasteiger partial charge in [0, 0.05) is 5.69 Å². The number of aliphatic hydroxyl groups is 1. The molecule has 1 heterocycles. The summed E-state index contributed by atoms with van der Waals surface area (Å²) in [6.45, 7) is -1.98. The SMILES string of the molecule is OCCn1cc(CNc2ccc(OC(F)F)cc2)nn1. The van der Waals surface area contributed by atoms with Crippen molar-refractivity contribution in [2.24, 2.45) is 0 Å². The van der Waals surface area contributed by atoms with Gasteiger partial charge in [-0.1, -0.05) is 5.21 Å². The van der Waals surface area contributed by atoms with Gasteiger partial charge in [-0.25, -0.2) is 4.68 Å². The van der Waals surface area contributed by atoms with Crippen LogP contribution in [0.15, 0.2) is 30.5 Å². The predicted octanol–water partition coefficient (Wildman–Crippen LogP) is 1.48. The second-order valence-corrected chi connectivity index (χ2v) is 3.95. The summed E-state index contributed by atoms with van der Waals surface area (Å²) >= 11 is 0. The lowest BCUT2D eigenvalue weighted by Gasteiger charge is -2.07. The molecule has 1 aromatic heterocycles. The lowest BCUT2D eigenvalue weighted by atomic mass is 10.3. The molecule has 0 radical (unpaired) electrons. The van der Waals surface area contributed by atoms with E-state index in [9.17, 15) is 8.78 Å². The maximum atomic E-state index is 12.0. The summed E-state index contributed by atoms with van der Waals surface area (Å²) < 4.78 is 29.8. The number of nitrogens with one attached hydrogen (secondary N) is 1. The smallest absolute Gasteiger partial charge is 0.387 e. The van der Waals surface area contributed by atoms with Crippen LogP contribution in [0.4, 0.5) is 14.5 Å². The second-order valence-electron chi connectivity index (χ2n) is 3.95. The fraction of sp³-hybridized carbons (Fsp3) is 0.333. The van der Waals surface area contributed by atoms with Gasteiger partial charge in [-0.3, -0.25) is 0 Å². The van der Waals surface area contributed by atoms with E-state index in [4.69, 9.17) is 5.11 Å². The Balaban J connectivity index is 1.86. The Morgan fingerprint density at radius 2 is 2.05 bits per heavy atom. The summed E-state index contributed by atoms with van der Waals surface area (Å²) in [5, 5.41) is 19.6. The van der Waals surface area contributed by atoms with Crippen molar-refractivity contribution in [2.45, 2.75) is 19.7 Å². The Morgan fingerprint density at radius 3 is 2.70 bits per heavy atom. The molecule has 0 saturated carbocycles. The van der Waals surface area contributed by atoms with Crippen molar-refractivity contribution in [1.29, 1.82) is 0 Å². The van der Waals surface area contributed by atoms with Gasteiger partial charge in [0.05, 0.1) is 25.9 Å². The van der Waals surface area contributed by atoms with Crippen molar-refractivity contribution >= 4 is 5.69 Å². The van der Waals surface area contributed by atoms with Gasteiger partial charge in [0.1, 0.15) is 11.4 Å². The van der Waals surface area contributed by atoms with Gasteiger partial charge in [0.15, 0.2) is 0 Å². The number of aromatic nitrogens is 3. The number of aliphatic hydroxyl groups excluding tert-OH is 1. The first-order valence-electron chi connectivity index (χ1n) is 5.96. The Hall–Kier alpha value is -2.22. The first-order valence-corrected chi connectivity index (χ1v) is 5.96. The maximum Gasteiger partial charge on any atom is 0.387 e. The summed E-state index contributed by atoms with van der Waals surface area (Å²) in [6.07, 6.45) is 1.72. The maximum absolute atomic E-state index is 12.0. The number of nitrogens with zero attached hydrogens (tertiary/aromatic N) is 3. The minimum atomic E-state index is -2.82. The highest BCUT2D eigenvalue weighted by Gasteiger charge is 2.04. The average Bonchev–Trinajstić information content (AvgIpc) is 2.86. The van der Waals surface area contributed by atoms with Gasteiger partial charge in [0.25, 0.3) is 0 Å². The summed E-state index contributed by atoms with van der Waals surface area (Å²) in [6, 6.07) is 6.18. The highest BCUT2D eigenvalue weighted by Crippen LogP contribution is 2.17. The number of rotatable bonds is 7. The minimum absolute atomic E-state index is 0.00181. The number of ether oxygens (including phenoxy) is 1. The van der Waals surface area contributed by atoms with E-state index in [-0.39, 0.29) is 12.4 Å². The molecule has 8 heteroatoms. The van der Waals surface area contributed by atoms with Crippen molar-refractivity contribution in [3.05, 3.63) is 36.2 Å². The van der Waals surface area contributed by atoms with Crippen LogP contribution in [0.5, 0.6) is 5.75 Å². The molecule has 0 saturated heterocycles. The minimum Gasteiger partial charge on any atom is -0.435 e. The Kier molecular flexibility index (Phi) is 4.83. The van der Waals surface area contributed by atoms with Crippen LogP contribution >= 0.6 is 0 Å². The molecule has 0 atom stereocenters. The molecule has 1 aromatic carbocycles. The normalized spacial score (nSPS) is 10.8. The fourth-order valence-corrected chi connectivity index (χ4v) is 1.58. The van der Waals surface area contributed by atoms with Crippen LogP contribution in [0.25, 0.3) is 0 Å². The molecular weight excluding hydrogens is 270 g/mol. The van der Waals surface area contributed by atoms with Crippen LogP contribution < -0.4 is 10.1 Å². The molecule has 0 spiro atoms.